The van der Waals surface area contributed by atoms with Crippen molar-refractivity contribution in [3.05, 3.63) is 151 Å². The van der Waals surface area contributed by atoms with Crippen molar-refractivity contribution in [2.45, 2.75) is 26.5 Å². The Labute approximate surface area is 305 Å². The van der Waals surface area contributed by atoms with E-state index in [1.165, 1.54) is 11.6 Å². The molecule has 243 valence electrons. The van der Waals surface area contributed by atoms with Gasteiger partial charge in [-0.05, 0) is 29.6 Å². The molecule has 1 radical (unpaired) electrons. The van der Waals surface area contributed by atoms with Crippen LogP contribution in [-0.2, 0) is 20.1 Å². The van der Waals surface area contributed by atoms with E-state index in [1.807, 2.05) is 72.8 Å². The van der Waals surface area contributed by atoms with Crippen LogP contribution in [0.5, 0.6) is 0 Å². The summed E-state index contributed by atoms with van der Waals surface area (Å²) in [5.41, 5.74) is 8.81. The molecule has 3 heterocycles. The van der Waals surface area contributed by atoms with Gasteiger partial charge in [0.25, 0.3) is 0 Å². The molecule has 0 spiro atoms. The van der Waals surface area contributed by atoms with Gasteiger partial charge in [0.1, 0.15) is 13.7 Å². The number of furan rings is 1. The molecule has 0 saturated heterocycles. The van der Waals surface area contributed by atoms with Crippen molar-refractivity contribution in [1.82, 2.24) is 20.4 Å². The minimum atomic E-state index is -2.30. The Balaban J connectivity index is 0.000000230. The maximum Gasteiger partial charge on any atom is 0.128 e. The summed E-state index contributed by atoms with van der Waals surface area (Å²) in [6.45, 7) is 4.51. The Hall–Kier alpha value is -5.07. The zero-order valence-electron chi connectivity index (χ0n) is 30.2. The summed E-state index contributed by atoms with van der Waals surface area (Å²) >= 11 is 0. The first kappa shape index (κ1) is 30.0. The molecule has 0 unspecified atom stereocenters. The zero-order valence-corrected chi connectivity index (χ0v) is 30.6. The van der Waals surface area contributed by atoms with Crippen molar-refractivity contribution in [3.63, 3.8) is 0 Å². The summed E-state index contributed by atoms with van der Waals surface area (Å²) in [4.78, 5) is 0. The zero-order chi connectivity index (χ0) is 35.6. The Kier molecular flexibility index (Phi) is 8.94. The largest absolute Gasteiger partial charge is 0.500 e. The maximum atomic E-state index is 7.52. The summed E-state index contributed by atoms with van der Waals surface area (Å²) in [6.07, 6.45) is 0. The number of rotatable bonds is 5. The van der Waals surface area contributed by atoms with Crippen molar-refractivity contribution >= 4 is 35.3 Å². The first-order valence-corrected chi connectivity index (χ1v) is 19.2. The SMILES string of the molecule is C[Si](C)(C)c1ccc(-c2[c-]cccc2)nn1.[2H]C([2H])([2H])c1ccc(-c2[c-]ccc3c2oc2c(-c4ccc(-c5ccccc5)cc4)cccc23)nn1.[Ir]. The molecule has 0 bridgehead atoms. The second kappa shape index (κ2) is 14.6. The summed E-state index contributed by atoms with van der Waals surface area (Å²) in [5.74, 6) is 0. The predicted molar refractivity (Wildman–Crippen MR) is 198 cm³/mol. The number of benzene rings is 5. The number of hydrogen-bond donors (Lipinski definition) is 0. The van der Waals surface area contributed by atoms with Crippen molar-refractivity contribution in [2.24, 2.45) is 0 Å². The third-order valence-corrected chi connectivity index (χ3v) is 9.90. The van der Waals surface area contributed by atoms with E-state index in [-0.39, 0.29) is 25.8 Å². The van der Waals surface area contributed by atoms with Gasteiger partial charge in [0.05, 0.1) is 11.3 Å². The summed E-state index contributed by atoms with van der Waals surface area (Å²) in [6, 6.07) is 50.1. The van der Waals surface area contributed by atoms with E-state index >= 15 is 0 Å². The van der Waals surface area contributed by atoms with E-state index in [2.05, 4.69) is 101 Å². The van der Waals surface area contributed by atoms with Gasteiger partial charge in [-0.2, -0.15) is 10.2 Å². The van der Waals surface area contributed by atoms with Crippen LogP contribution in [0.1, 0.15) is 9.81 Å². The average Bonchev–Trinajstić information content (AvgIpc) is 3.55. The second-order valence-corrected chi connectivity index (χ2v) is 17.5. The van der Waals surface area contributed by atoms with Crippen LogP contribution in [0.15, 0.2) is 138 Å². The molecule has 0 amide bonds. The van der Waals surface area contributed by atoms with E-state index in [0.717, 1.165) is 49.6 Å². The smallest absolute Gasteiger partial charge is 0.128 e. The molecule has 0 N–H and O–H groups in total. The van der Waals surface area contributed by atoms with Crippen LogP contribution in [0.3, 0.4) is 0 Å². The van der Waals surface area contributed by atoms with E-state index in [0.29, 0.717) is 16.8 Å². The predicted octanol–water partition coefficient (Wildman–Crippen LogP) is 9.97. The van der Waals surface area contributed by atoms with Crippen LogP contribution < -0.4 is 5.32 Å². The van der Waals surface area contributed by atoms with Gasteiger partial charge < -0.3 is 4.42 Å². The molecule has 5 nitrogen and oxygen atoms in total. The average molecular weight is 834 g/mol. The van der Waals surface area contributed by atoms with E-state index in [4.69, 9.17) is 8.53 Å². The number of fused-ring (bicyclic) bond motifs is 3. The summed E-state index contributed by atoms with van der Waals surface area (Å²) in [7, 11) is -1.34. The van der Waals surface area contributed by atoms with Crippen LogP contribution in [0, 0.1) is 19.0 Å². The van der Waals surface area contributed by atoms with Gasteiger partial charge in [-0.1, -0.05) is 122 Å². The number of hydrogen-bond acceptors (Lipinski definition) is 5. The van der Waals surface area contributed by atoms with Gasteiger partial charge in [-0.25, -0.2) is 10.2 Å². The van der Waals surface area contributed by atoms with E-state index in [9.17, 15) is 0 Å². The van der Waals surface area contributed by atoms with Crippen LogP contribution in [0.25, 0.3) is 66.7 Å². The molecule has 3 aromatic heterocycles. The van der Waals surface area contributed by atoms with Crippen molar-refractivity contribution < 1.29 is 28.6 Å². The van der Waals surface area contributed by atoms with Gasteiger partial charge in [0, 0.05) is 51.9 Å². The molecule has 0 saturated carbocycles. The van der Waals surface area contributed by atoms with Gasteiger partial charge in [0.15, 0.2) is 0 Å². The molecule has 0 atom stereocenters. The molecule has 0 fully saturated rings. The first-order valence-electron chi connectivity index (χ1n) is 17.2. The van der Waals surface area contributed by atoms with E-state index in [1.54, 1.807) is 6.07 Å². The molecule has 8 rings (SSSR count). The molecule has 8 aromatic rings. The quantitative estimate of drug-likeness (QED) is 0.128. The van der Waals surface area contributed by atoms with Gasteiger partial charge in [-0.15, -0.1) is 54.1 Å². The number of aromatic nitrogens is 4. The Morgan fingerprint density at radius 3 is 1.96 bits per heavy atom. The minimum Gasteiger partial charge on any atom is -0.500 e. The monoisotopic (exact) mass is 834 g/mol. The molecule has 49 heavy (non-hydrogen) atoms. The number of para-hydroxylation sites is 1. The summed E-state index contributed by atoms with van der Waals surface area (Å²) in [5, 5.41) is 19.7. The Morgan fingerprint density at radius 1 is 0.571 bits per heavy atom. The van der Waals surface area contributed by atoms with Crippen LogP contribution in [0.2, 0.25) is 19.6 Å². The summed E-state index contributed by atoms with van der Waals surface area (Å²) < 4.78 is 29.0. The standard InChI is InChI=1S/C29H19N2O.C13H15N2Si.Ir/c1-19-13-18-27(31-30-19)26-12-6-11-25-24-10-5-9-23(28(24)32-29(25)26)22-16-14-21(15-17-22)20-7-3-2-4-8-20;1-16(2,3)13-10-9-12(14-15-13)11-7-5-4-6-8-11;/h2-11,13-18H,1H3;4-7,9-10H,1-3H3;/q2*-1;/i1D3;;. The normalized spacial score (nSPS) is 12.3. The maximum absolute atomic E-state index is 7.52. The number of nitrogens with zero attached hydrogens (tertiary/aromatic N) is 4. The van der Waals surface area contributed by atoms with Crippen molar-refractivity contribution in [1.29, 1.82) is 0 Å². The second-order valence-electron chi connectivity index (χ2n) is 12.5. The molecule has 0 aliphatic heterocycles. The van der Waals surface area contributed by atoms with Crippen LogP contribution >= 0.6 is 0 Å². The molecular formula is C42H34IrN4OSi-2. The fourth-order valence-corrected chi connectivity index (χ4v) is 6.48. The van der Waals surface area contributed by atoms with Crippen molar-refractivity contribution in [3.8, 4) is 44.8 Å². The topological polar surface area (TPSA) is 64.7 Å². The molecule has 0 aliphatic carbocycles. The van der Waals surface area contributed by atoms with Crippen LogP contribution in [0.4, 0.5) is 0 Å². The third kappa shape index (κ3) is 7.35. The first-order chi connectivity index (χ1) is 24.6. The van der Waals surface area contributed by atoms with Crippen molar-refractivity contribution in [2.75, 3.05) is 0 Å². The Morgan fingerprint density at radius 2 is 1.29 bits per heavy atom. The fourth-order valence-electron chi connectivity index (χ4n) is 5.55. The molecular weight excluding hydrogens is 797 g/mol. The molecule has 7 heteroatoms. The Bertz CT molecular complexity index is 2410. The van der Waals surface area contributed by atoms with Gasteiger partial charge in [-0.3, -0.25) is 0 Å². The fraction of sp³-hybridized carbons (Fsp3) is 0.0952. The van der Waals surface area contributed by atoms with Crippen LogP contribution in [-0.4, -0.2) is 28.5 Å². The molecule has 0 aliphatic rings. The minimum absolute atomic E-state index is 0. The number of aryl methyl sites for hydroxylation is 1. The third-order valence-electron chi connectivity index (χ3n) is 8.10. The molecule has 5 aromatic carbocycles. The van der Waals surface area contributed by atoms with E-state index < -0.39 is 14.9 Å². The van der Waals surface area contributed by atoms with Gasteiger partial charge >= 0.3 is 0 Å². The van der Waals surface area contributed by atoms with Gasteiger partial charge in [0.2, 0.25) is 0 Å².